The summed E-state index contributed by atoms with van der Waals surface area (Å²) < 4.78 is 1.72. The van der Waals surface area contributed by atoms with Gasteiger partial charge in [0.2, 0.25) is 0 Å². The predicted molar refractivity (Wildman–Crippen MR) is 91.4 cm³/mol. The van der Waals surface area contributed by atoms with Crippen molar-refractivity contribution >= 4 is 40.8 Å². The average molecular weight is 368 g/mol. The number of amides is 3. The van der Waals surface area contributed by atoms with Gasteiger partial charge in [0.1, 0.15) is 0 Å². The third-order valence-corrected chi connectivity index (χ3v) is 4.60. The summed E-state index contributed by atoms with van der Waals surface area (Å²) in [5.74, 6) is -0.541. The lowest BCUT2D eigenvalue weighted by atomic mass is 10.1. The number of nitrogens with zero attached hydrogens (tertiary/aromatic N) is 3. The summed E-state index contributed by atoms with van der Waals surface area (Å²) in [5.41, 5.74) is 7.56. The average Bonchev–Trinajstić information content (AvgIpc) is 2.85. The van der Waals surface area contributed by atoms with E-state index in [0.717, 1.165) is 0 Å². The Morgan fingerprint density at radius 3 is 2.67 bits per heavy atom. The first kappa shape index (κ1) is 16.6. The summed E-state index contributed by atoms with van der Waals surface area (Å²) in [6.07, 6.45) is 0. The van der Waals surface area contributed by atoms with Crippen LogP contribution in [0.3, 0.4) is 0 Å². The van der Waals surface area contributed by atoms with Crippen LogP contribution in [0.1, 0.15) is 21.7 Å². The first-order chi connectivity index (χ1) is 11.4. The van der Waals surface area contributed by atoms with Crippen LogP contribution < -0.4 is 11.1 Å². The predicted octanol–water partition coefficient (Wildman–Crippen LogP) is 2.64. The Kier molecular flexibility index (Phi) is 4.38. The summed E-state index contributed by atoms with van der Waals surface area (Å²) in [5, 5.41) is 7.83. The van der Waals surface area contributed by atoms with E-state index in [9.17, 15) is 9.59 Å². The molecule has 7 nitrogen and oxygen atoms in total. The lowest BCUT2D eigenvalue weighted by Gasteiger charge is -2.28. The van der Waals surface area contributed by atoms with Crippen LogP contribution in [0.15, 0.2) is 18.2 Å². The van der Waals surface area contributed by atoms with E-state index in [0.29, 0.717) is 45.8 Å². The Bertz CT molecular complexity index is 834. The van der Waals surface area contributed by atoms with Gasteiger partial charge in [-0.15, -0.1) is 0 Å². The molecule has 0 atom stereocenters. The van der Waals surface area contributed by atoms with Gasteiger partial charge >= 0.3 is 6.03 Å². The molecule has 1 aromatic carbocycles. The summed E-state index contributed by atoms with van der Waals surface area (Å²) in [6, 6.07) is 4.56. The van der Waals surface area contributed by atoms with E-state index in [4.69, 9.17) is 28.9 Å². The third kappa shape index (κ3) is 3.05. The molecule has 3 amide bonds. The fourth-order valence-electron chi connectivity index (χ4n) is 2.72. The molecule has 2 heterocycles. The molecule has 0 spiro atoms. The van der Waals surface area contributed by atoms with Gasteiger partial charge in [0.15, 0.2) is 0 Å². The van der Waals surface area contributed by atoms with Gasteiger partial charge in [-0.2, -0.15) is 5.10 Å². The number of aryl methyl sites for hydroxylation is 1. The molecule has 9 heteroatoms. The minimum absolute atomic E-state index is 0.256. The number of benzene rings is 1. The zero-order chi connectivity index (χ0) is 17.4. The van der Waals surface area contributed by atoms with Crippen LogP contribution in [0.4, 0.5) is 10.5 Å². The second kappa shape index (κ2) is 6.33. The molecule has 0 saturated heterocycles. The first-order valence-corrected chi connectivity index (χ1v) is 7.99. The molecule has 3 rings (SSSR count). The lowest BCUT2D eigenvalue weighted by molar-refractivity contribution is 0.0996. The third-order valence-electron chi connectivity index (χ3n) is 3.86. The van der Waals surface area contributed by atoms with E-state index in [1.54, 1.807) is 34.7 Å². The highest BCUT2D eigenvalue weighted by Crippen LogP contribution is 2.26. The Morgan fingerprint density at radius 1 is 1.25 bits per heavy atom. The van der Waals surface area contributed by atoms with Gasteiger partial charge in [0.05, 0.1) is 40.1 Å². The van der Waals surface area contributed by atoms with E-state index in [1.165, 1.54) is 0 Å². The maximum atomic E-state index is 12.5. The van der Waals surface area contributed by atoms with Crippen LogP contribution in [0.5, 0.6) is 0 Å². The van der Waals surface area contributed by atoms with Crippen LogP contribution >= 0.6 is 23.2 Å². The Balaban J connectivity index is 1.78. The molecule has 0 unspecified atom stereocenters. The molecule has 1 aliphatic heterocycles. The summed E-state index contributed by atoms with van der Waals surface area (Å²) >= 11 is 11.8. The molecule has 3 N–H and O–H groups in total. The molecule has 0 bridgehead atoms. The van der Waals surface area contributed by atoms with E-state index in [1.807, 2.05) is 0 Å². The smallest absolute Gasteiger partial charge is 0.322 e. The number of urea groups is 1. The zero-order valence-corrected chi connectivity index (χ0v) is 14.4. The Labute approximate surface area is 148 Å². The summed E-state index contributed by atoms with van der Waals surface area (Å²) in [7, 11) is 0. The lowest BCUT2D eigenvalue weighted by Crippen LogP contribution is -2.41. The van der Waals surface area contributed by atoms with E-state index in [-0.39, 0.29) is 12.6 Å². The van der Waals surface area contributed by atoms with Gasteiger partial charge in [-0.05, 0) is 25.1 Å². The number of hydrogen-bond donors (Lipinski definition) is 2. The van der Waals surface area contributed by atoms with Crippen LogP contribution in [0.2, 0.25) is 10.0 Å². The van der Waals surface area contributed by atoms with Gasteiger partial charge in [0.25, 0.3) is 5.91 Å². The molecule has 126 valence electrons. The Hall–Kier alpha value is -2.25. The zero-order valence-electron chi connectivity index (χ0n) is 12.8. The van der Waals surface area contributed by atoms with Crippen molar-refractivity contribution in [2.75, 3.05) is 11.9 Å². The number of carbonyl (C=O) groups is 2. The van der Waals surface area contributed by atoms with Crippen LogP contribution in [-0.4, -0.2) is 33.2 Å². The van der Waals surface area contributed by atoms with Crippen LogP contribution in [0.25, 0.3) is 0 Å². The van der Waals surface area contributed by atoms with Crippen LogP contribution in [0, 0.1) is 6.92 Å². The minimum atomic E-state index is -0.541. The normalized spacial score (nSPS) is 13.5. The second-order valence-electron chi connectivity index (χ2n) is 5.48. The van der Waals surface area contributed by atoms with Crippen molar-refractivity contribution in [2.24, 2.45) is 5.73 Å². The number of carbonyl (C=O) groups excluding carboxylic acids is 2. The number of hydrogen-bond acceptors (Lipinski definition) is 3. The maximum absolute atomic E-state index is 12.5. The topological polar surface area (TPSA) is 93.2 Å². The minimum Gasteiger partial charge on any atom is -0.365 e. The standard InChI is InChI=1S/C15H15Cl2N5O2/c1-8-13(14(18)23)12-7-21(4-5-22(12)20-8)15(24)19-9-2-3-10(16)11(17)6-9/h2-3,6H,4-5,7H2,1H3,(H2,18,23)(H,19,24). The highest BCUT2D eigenvalue weighted by atomic mass is 35.5. The first-order valence-electron chi connectivity index (χ1n) is 7.24. The molecule has 0 aliphatic carbocycles. The molecule has 1 aliphatic rings. The number of aromatic nitrogens is 2. The van der Waals surface area contributed by atoms with Crippen LogP contribution in [-0.2, 0) is 13.1 Å². The van der Waals surface area contributed by atoms with E-state index in [2.05, 4.69) is 10.4 Å². The molecule has 1 aromatic heterocycles. The van der Waals surface area contributed by atoms with Gasteiger partial charge < -0.3 is 16.0 Å². The van der Waals surface area contributed by atoms with Gasteiger partial charge in [0, 0.05) is 12.2 Å². The van der Waals surface area contributed by atoms with Crippen molar-refractivity contribution in [3.63, 3.8) is 0 Å². The summed E-state index contributed by atoms with van der Waals surface area (Å²) in [6.45, 7) is 2.95. The number of halogens is 2. The number of anilines is 1. The number of nitrogens with two attached hydrogens (primary N) is 1. The fourth-order valence-corrected chi connectivity index (χ4v) is 3.02. The van der Waals surface area contributed by atoms with Gasteiger partial charge in [-0.25, -0.2) is 4.79 Å². The molecular weight excluding hydrogens is 353 g/mol. The monoisotopic (exact) mass is 367 g/mol. The SMILES string of the molecule is Cc1nn2c(c1C(N)=O)CN(C(=O)Nc1ccc(Cl)c(Cl)c1)CC2. The molecule has 2 aromatic rings. The molecule has 0 radical (unpaired) electrons. The van der Waals surface area contributed by atoms with E-state index < -0.39 is 5.91 Å². The van der Waals surface area contributed by atoms with Crippen molar-refractivity contribution in [3.8, 4) is 0 Å². The van der Waals surface area contributed by atoms with Gasteiger partial charge in [-0.3, -0.25) is 9.48 Å². The highest BCUT2D eigenvalue weighted by Gasteiger charge is 2.27. The van der Waals surface area contributed by atoms with Crippen molar-refractivity contribution in [2.45, 2.75) is 20.0 Å². The van der Waals surface area contributed by atoms with E-state index >= 15 is 0 Å². The number of rotatable bonds is 2. The highest BCUT2D eigenvalue weighted by molar-refractivity contribution is 6.42. The number of nitrogens with one attached hydrogen (secondary N) is 1. The Morgan fingerprint density at radius 2 is 2.00 bits per heavy atom. The van der Waals surface area contributed by atoms with Crippen molar-refractivity contribution in [3.05, 3.63) is 45.2 Å². The molecule has 0 fully saturated rings. The molecular formula is C15H15Cl2N5O2. The largest absolute Gasteiger partial charge is 0.365 e. The number of primary amides is 1. The maximum Gasteiger partial charge on any atom is 0.322 e. The molecule has 0 saturated carbocycles. The quantitative estimate of drug-likeness (QED) is 0.854. The molecule has 24 heavy (non-hydrogen) atoms. The number of fused-ring (bicyclic) bond motifs is 1. The summed E-state index contributed by atoms with van der Waals surface area (Å²) in [4.78, 5) is 25.7. The van der Waals surface area contributed by atoms with Crippen molar-refractivity contribution in [1.29, 1.82) is 0 Å². The van der Waals surface area contributed by atoms with Crippen molar-refractivity contribution in [1.82, 2.24) is 14.7 Å². The van der Waals surface area contributed by atoms with Crippen molar-refractivity contribution < 1.29 is 9.59 Å². The second-order valence-corrected chi connectivity index (χ2v) is 6.29. The fraction of sp³-hybridized carbons (Fsp3) is 0.267. The van der Waals surface area contributed by atoms with Gasteiger partial charge in [-0.1, -0.05) is 23.2 Å².